The summed E-state index contributed by atoms with van der Waals surface area (Å²) in [6, 6.07) is 1.97. The van der Waals surface area contributed by atoms with E-state index in [0.717, 1.165) is 36.0 Å². The standard InChI is InChI=1S/C12H18Cl2N2/c1-16(8-4-2-3-6-13)10-11-5-7-15-9-12(11)14/h5,7,9H,2-4,6,8,10H2,1H3. The highest BCUT2D eigenvalue weighted by Gasteiger charge is 2.03. The quantitative estimate of drug-likeness (QED) is 0.551. The Labute approximate surface area is 108 Å². The van der Waals surface area contributed by atoms with E-state index in [0.29, 0.717) is 0 Å². The number of hydrogen-bond acceptors (Lipinski definition) is 2. The average Bonchev–Trinajstić information content (AvgIpc) is 2.28. The smallest absolute Gasteiger partial charge is 0.0634 e. The number of halogens is 2. The predicted octanol–water partition coefficient (Wildman–Crippen LogP) is 3.58. The van der Waals surface area contributed by atoms with E-state index < -0.39 is 0 Å². The third-order valence-corrected chi connectivity index (χ3v) is 3.08. The second-order valence-electron chi connectivity index (χ2n) is 3.95. The van der Waals surface area contributed by atoms with Gasteiger partial charge >= 0.3 is 0 Å². The van der Waals surface area contributed by atoms with Crippen LogP contribution >= 0.6 is 23.2 Å². The summed E-state index contributed by atoms with van der Waals surface area (Å²) >= 11 is 11.7. The van der Waals surface area contributed by atoms with Crippen molar-refractivity contribution in [3.63, 3.8) is 0 Å². The molecule has 0 fully saturated rings. The molecule has 0 aliphatic carbocycles. The van der Waals surface area contributed by atoms with Crippen molar-refractivity contribution in [3.8, 4) is 0 Å². The monoisotopic (exact) mass is 260 g/mol. The molecule has 0 atom stereocenters. The minimum atomic E-state index is 0.745. The van der Waals surface area contributed by atoms with Gasteiger partial charge in [0.1, 0.15) is 0 Å². The maximum Gasteiger partial charge on any atom is 0.0634 e. The first-order valence-electron chi connectivity index (χ1n) is 5.57. The van der Waals surface area contributed by atoms with Crippen LogP contribution in [0.3, 0.4) is 0 Å². The SMILES string of the molecule is CN(CCCCCCl)Cc1ccncc1Cl. The number of nitrogens with zero attached hydrogens (tertiary/aromatic N) is 2. The van der Waals surface area contributed by atoms with E-state index in [1.165, 1.54) is 12.8 Å². The number of aromatic nitrogens is 1. The highest BCUT2D eigenvalue weighted by Crippen LogP contribution is 2.15. The van der Waals surface area contributed by atoms with Crippen LogP contribution in [0.4, 0.5) is 0 Å². The Morgan fingerprint density at radius 3 is 2.81 bits per heavy atom. The molecule has 1 aromatic rings. The van der Waals surface area contributed by atoms with Gasteiger partial charge in [-0.15, -0.1) is 11.6 Å². The Balaban J connectivity index is 2.28. The maximum atomic E-state index is 6.05. The molecule has 0 aromatic carbocycles. The van der Waals surface area contributed by atoms with Gasteiger partial charge in [-0.25, -0.2) is 0 Å². The van der Waals surface area contributed by atoms with Crippen molar-refractivity contribution in [2.45, 2.75) is 25.8 Å². The summed E-state index contributed by atoms with van der Waals surface area (Å²) in [7, 11) is 2.11. The number of pyridine rings is 1. The lowest BCUT2D eigenvalue weighted by Crippen LogP contribution is -2.19. The Hall–Kier alpha value is -0.310. The van der Waals surface area contributed by atoms with Gasteiger partial charge in [0.15, 0.2) is 0 Å². The number of rotatable bonds is 7. The summed E-state index contributed by atoms with van der Waals surface area (Å²) in [6.45, 7) is 1.96. The van der Waals surface area contributed by atoms with Gasteiger partial charge < -0.3 is 4.90 Å². The molecule has 0 aliphatic heterocycles. The van der Waals surface area contributed by atoms with Crippen LogP contribution in [0.2, 0.25) is 5.02 Å². The minimum Gasteiger partial charge on any atom is -0.302 e. The molecule has 90 valence electrons. The lowest BCUT2D eigenvalue weighted by molar-refractivity contribution is 0.318. The first-order chi connectivity index (χ1) is 7.74. The average molecular weight is 261 g/mol. The minimum absolute atomic E-state index is 0.745. The zero-order valence-electron chi connectivity index (χ0n) is 9.63. The van der Waals surface area contributed by atoms with Gasteiger partial charge in [-0.3, -0.25) is 4.98 Å². The fourth-order valence-electron chi connectivity index (χ4n) is 1.56. The zero-order valence-corrected chi connectivity index (χ0v) is 11.1. The van der Waals surface area contributed by atoms with Crippen molar-refractivity contribution in [2.75, 3.05) is 19.5 Å². The third-order valence-electron chi connectivity index (χ3n) is 2.47. The first-order valence-corrected chi connectivity index (χ1v) is 6.48. The summed E-state index contributed by atoms with van der Waals surface area (Å²) in [6.07, 6.45) is 6.95. The molecule has 0 saturated carbocycles. The number of alkyl halides is 1. The fraction of sp³-hybridized carbons (Fsp3) is 0.583. The van der Waals surface area contributed by atoms with Crippen molar-refractivity contribution in [3.05, 3.63) is 29.0 Å². The van der Waals surface area contributed by atoms with Gasteiger partial charge in [0, 0.05) is 24.8 Å². The Morgan fingerprint density at radius 2 is 2.12 bits per heavy atom. The molecule has 0 amide bonds. The molecule has 2 nitrogen and oxygen atoms in total. The topological polar surface area (TPSA) is 16.1 Å². The Morgan fingerprint density at radius 1 is 1.31 bits per heavy atom. The van der Waals surface area contributed by atoms with Crippen LogP contribution in [0, 0.1) is 0 Å². The van der Waals surface area contributed by atoms with Crippen LogP contribution in [-0.4, -0.2) is 29.4 Å². The second kappa shape index (κ2) is 7.88. The fourth-order valence-corrected chi connectivity index (χ4v) is 1.92. The van der Waals surface area contributed by atoms with Crippen LogP contribution in [0.15, 0.2) is 18.5 Å². The molecule has 4 heteroatoms. The molecular weight excluding hydrogens is 243 g/mol. The molecule has 0 unspecified atom stereocenters. The molecule has 1 aromatic heterocycles. The normalized spacial score (nSPS) is 11.0. The Bertz CT molecular complexity index is 305. The summed E-state index contributed by atoms with van der Waals surface area (Å²) in [4.78, 5) is 6.25. The molecule has 0 aliphatic rings. The molecule has 0 bridgehead atoms. The van der Waals surface area contributed by atoms with Crippen LogP contribution < -0.4 is 0 Å². The van der Waals surface area contributed by atoms with E-state index in [-0.39, 0.29) is 0 Å². The van der Waals surface area contributed by atoms with Gasteiger partial charge in [0.25, 0.3) is 0 Å². The third kappa shape index (κ3) is 5.15. The molecule has 0 saturated heterocycles. The molecular formula is C12H18Cl2N2. The molecule has 0 spiro atoms. The maximum absolute atomic E-state index is 6.05. The van der Waals surface area contributed by atoms with E-state index >= 15 is 0 Å². The van der Waals surface area contributed by atoms with Crippen molar-refractivity contribution < 1.29 is 0 Å². The summed E-state index contributed by atoms with van der Waals surface area (Å²) < 4.78 is 0. The van der Waals surface area contributed by atoms with E-state index in [2.05, 4.69) is 16.9 Å². The summed E-state index contributed by atoms with van der Waals surface area (Å²) in [5.41, 5.74) is 1.14. The number of hydrogen-bond donors (Lipinski definition) is 0. The first kappa shape index (κ1) is 13.8. The van der Waals surface area contributed by atoms with E-state index in [4.69, 9.17) is 23.2 Å². The lowest BCUT2D eigenvalue weighted by Gasteiger charge is -2.16. The lowest BCUT2D eigenvalue weighted by atomic mass is 10.2. The van der Waals surface area contributed by atoms with Gasteiger partial charge in [-0.1, -0.05) is 18.0 Å². The highest BCUT2D eigenvalue weighted by molar-refractivity contribution is 6.31. The van der Waals surface area contributed by atoms with Crippen LogP contribution in [0.1, 0.15) is 24.8 Å². The van der Waals surface area contributed by atoms with Gasteiger partial charge in [-0.05, 0) is 38.1 Å². The van der Waals surface area contributed by atoms with Gasteiger partial charge in [0.2, 0.25) is 0 Å². The van der Waals surface area contributed by atoms with Crippen molar-refractivity contribution in [1.82, 2.24) is 9.88 Å². The second-order valence-corrected chi connectivity index (χ2v) is 4.74. The molecule has 1 rings (SSSR count). The van der Waals surface area contributed by atoms with Crippen molar-refractivity contribution in [1.29, 1.82) is 0 Å². The van der Waals surface area contributed by atoms with E-state index in [1.54, 1.807) is 12.4 Å². The highest BCUT2D eigenvalue weighted by atomic mass is 35.5. The summed E-state index contributed by atoms with van der Waals surface area (Å²) in [5.74, 6) is 0.764. The summed E-state index contributed by atoms with van der Waals surface area (Å²) in [5, 5.41) is 0.745. The van der Waals surface area contributed by atoms with E-state index in [1.807, 2.05) is 6.07 Å². The van der Waals surface area contributed by atoms with Crippen LogP contribution in [0.5, 0.6) is 0 Å². The molecule has 0 N–H and O–H groups in total. The molecule has 1 heterocycles. The molecule has 0 radical (unpaired) electrons. The van der Waals surface area contributed by atoms with Crippen LogP contribution in [-0.2, 0) is 6.54 Å². The Kier molecular flexibility index (Phi) is 6.78. The largest absolute Gasteiger partial charge is 0.302 e. The number of unbranched alkanes of at least 4 members (excludes halogenated alkanes) is 2. The zero-order chi connectivity index (χ0) is 11.8. The predicted molar refractivity (Wildman–Crippen MR) is 70.2 cm³/mol. The van der Waals surface area contributed by atoms with Crippen LogP contribution in [0.25, 0.3) is 0 Å². The van der Waals surface area contributed by atoms with Crippen molar-refractivity contribution in [2.24, 2.45) is 0 Å². The van der Waals surface area contributed by atoms with Gasteiger partial charge in [0.05, 0.1) is 5.02 Å². The van der Waals surface area contributed by atoms with E-state index in [9.17, 15) is 0 Å². The van der Waals surface area contributed by atoms with Crippen molar-refractivity contribution >= 4 is 23.2 Å². The van der Waals surface area contributed by atoms with Gasteiger partial charge in [-0.2, -0.15) is 0 Å². The molecule has 16 heavy (non-hydrogen) atoms.